The van der Waals surface area contributed by atoms with Gasteiger partial charge in [0, 0.05) is 11.8 Å². The van der Waals surface area contributed by atoms with Crippen LogP contribution in [0.4, 0.5) is 4.79 Å². The molecule has 0 bridgehead atoms. The summed E-state index contributed by atoms with van der Waals surface area (Å²) in [5, 5.41) is 0.873. The summed E-state index contributed by atoms with van der Waals surface area (Å²) in [6.07, 6.45) is 2.25. The van der Waals surface area contributed by atoms with Gasteiger partial charge >= 0.3 is 6.09 Å². The van der Waals surface area contributed by atoms with Crippen molar-refractivity contribution < 1.29 is 14.3 Å². The standard InChI is InChI=1S/C15H18BrNO3/c16-9-5-4-8-14(18)17-13(11-20-15(17)19)10-12-6-2-1-3-7-12/h1-3,6-7,13H,4-5,8-11H2. The minimum atomic E-state index is -0.505. The molecule has 1 aliphatic heterocycles. The number of ether oxygens (including phenoxy) is 1. The Hall–Kier alpha value is -1.36. The van der Waals surface area contributed by atoms with E-state index < -0.39 is 6.09 Å². The highest BCUT2D eigenvalue weighted by Gasteiger charge is 2.37. The van der Waals surface area contributed by atoms with Crippen LogP contribution in [0.3, 0.4) is 0 Å². The van der Waals surface area contributed by atoms with Crippen molar-refractivity contribution in [2.75, 3.05) is 11.9 Å². The molecule has 1 unspecified atom stereocenters. The third kappa shape index (κ3) is 3.82. The minimum Gasteiger partial charge on any atom is -0.447 e. The Bertz CT molecular complexity index is 463. The highest BCUT2D eigenvalue weighted by molar-refractivity contribution is 9.09. The number of cyclic esters (lactones) is 1. The Labute approximate surface area is 127 Å². The van der Waals surface area contributed by atoms with Gasteiger partial charge in [-0.2, -0.15) is 0 Å². The second kappa shape index (κ2) is 7.43. The number of benzene rings is 1. The Morgan fingerprint density at radius 1 is 1.30 bits per heavy atom. The quantitative estimate of drug-likeness (QED) is 0.590. The summed E-state index contributed by atoms with van der Waals surface area (Å²) in [7, 11) is 0. The number of amides is 2. The Balaban J connectivity index is 1.97. The lowest BCUT2D eigenvalue weighted by Gasteiger charge is -2.19. The zero-order valence-corrected chi connectivity index (χ0v) is 12.8. The maximum absolute atomic E-state index is 12.1. The predicted molar refractivity (Wildman–Crippen MR) is 79.8 cm³/mol. The summed E-state index contributed by atoms with van der Waals surface area (Å²) in [5.74, 6) is -0.130. The number of alkyl halides is 1. The van der Waals surface area contributed by atoms with Gasteiger partial charge in [-0.3, -0.25) is 4.79 Å². The smallest absolute Gasteiger partial charge is 0.416 e. The molecule has 2 amide bonds. The number of carbonyl (C=O) groups is 2. The van der Waals surface area contributed by atoms with Crippen molar-refractivity contribution in [1.82, 2.24) is 4.90 Å². The summed E-state index contributed by atoms with van der Waals surface area (Å²) < 4.78 is 5.03. The fourth-order valence-corrected chi connectivity index (χ4v) is 2.69. The zero-order valence-electron chi connectivity index (χ0n) is 11.3. The van der Waals surface area contributed by atoms with Crippen molar-refractivity contribution in [3.05, 3.63) is 35.9 Å². The topological polar surface area (TPSA) is 46.6 Å². The van der Waals surface area contributed by atoms with Crippen LogP contribution in [0.15, 0.2) is 30.3 Å². The molecule has 1 aliphatic rings. The van der Waals surface area contributed by atoms with Crippen LogP contribution in [0.1, 0.15) is 24.8 Å². The molecule has 108 valence electrons. The summed E-state index contributed by atoms with van der Waals surface area (Å²) in [4.78, 5) is 25.2. The number of unbranched alkanes of at least 4 members (excludes halogenated alkanes) is 1. The van der Waals surface area contributed by atoms with E-state index in [0.29, 0.717) is 12.8 Å². The second-order valence-corrected chi connectivity index (χ2v) is 5.62. The Kier molecular flexibility index (Phi) is 5.59. The van der Waals surface area contributed by atoms with Crippen molar-refractivity contribution in [1.29, 1.82) is 0 Å². The van der Waals surface area contributed by atoms with Gasteiger partial charge < -0.3 is 4.74 Å². The largest absolute Gasteiger partial charge is 0.447 e. The van der Waals surface area contributed by atoms with Crippen LogP contribution in [-0.2, 0) is 16.0 Å². The van der Waals surface area contributed by atoms with E-state index in [1.807, 2.05) is 30.3 Å². The average molecular weight is 340 g/mol. The van der Waals surface area contributed by atoms with Crippen LogP contribution in [0.5, 0.6) is 0 Å². The first-order valence-electron chi connectivity index (χ1n) is 6.81. The third-order valence-electron chi connectivity index (χ3n) is 3.32. The van der Waals surface area contributed by atoms with Crippen LogP contribution in [0.2, 0.25) is 0 Å². The van der Waals surface area contributed by atoms with Gasteiger partial charge in [0.25, 0.3) is 0 Å². The molecule has 0 saturated carbocycles. The van der Waals surface area contributed by atoms with E-state index in [4.69, 9.17) is 4.74 Å². The van der Waals surface area contributed by atoms with Gasteiger partial charge in [0.15, 0.2) is 0 Å². The molecular weight excluding hydrogens is 322 g/mol. The number of halogens is 1. The van der Waals surface area contributed by atoms with E-state index in [1.165, 1.54) is 4.90 Å². The second-order valence-electron chi connectivity index (χ2n) is 4.83. The van der Waals surface area contributed by atoms with Gasteiger partial charge in [-0.25, -0.2) is 9.69 Å². The van der Waals surface area contributed by atoms with Crippen LogP contribution >= 0.6 is 15.9 Å². The lowest BCUT2D eigenvalue weighted by Crippen LogP contribution is -2.40. The summed E-state index contributed by atoms with van der Waals surface area (Å²) in [5.41, 5.74) is 1.11. The van der Waals surface area contributed by atoms with Crippen molar-refractivity contribution in [3.8, 4) is 0 Å². The summed E-state index contributed by atoms with van der Waals surface area (Å²) in [6, 6.07) is 9.67. The van der Waals surface area contributed by atoms with Gasteiger partial charge in [0.05, 0.1) is 6.04 Å². The lowest BCUT2D eigenvalue weighted by atomic mass is 10.1. The zero-order chi connectivity index (χ0) is 14.4. The van der Waals surface area contributed by atoms with E-state index in [2.05, 4.69) is 15.9 Å². The van der Waals surface area contributed by atoms with Crippen molar-refractivity contribution in [3.63, 3.8) is 0 Å². The Morgan fingerprint density at radius 2 is 2.05 bits per heavy atom. The van der Waals surface area contributed by atoms with Gasteiger partial charge in [0.1, 0.15) is 6.61 Å². The molecule has 1 atom stereocenters. The number of imide groups is 1. The number of rotatable bonds is 6. The molecule has 2 rings (SSSR count). The molecule has 1 saturated heterocycles. The fourth-order valence-electron chi connectivity index (χ4n) is 2.29. The van der Waals surface area contributed by atoms with Gasteiger partial charge in [-0.05, 0) is 24.8 Å². The summed E-state index contributed by atoms with van der Waals surface area (Å²) >= 11 is 3.33. The van der Waals surface area contributed by atoms with Crippen molar-refractivity contribution >= 4 is 27.9 Å². The molecule has 1 fully saturated rings. The van der Waals surface area contributed by atoms with Crippen molar-refractivity contribution in [2.24, 2.45) is 0 Å². The van der Waals surface area contributed by atoms with Gasteiger partial charge in [-0.15, -0.1) is 0 Å². The van der Waals surface area contributed by atoms with Crippen LogP contribution in [0.25, 0.3) is 0 Å². The molecule has 0 N–H and O–H groups in total. The Morgan fingerprint density at radius 3 is 2.75 bits per heavy atom. The monoisotopic (exact) mass is 339 g/mol. The van der Waals surface area contributed by atoms with E-state index in [0.717, 1.165) is 23.7 Å². The highest BCUT2D eigenvalue weighted by Crippen LogP contribution is 2.19. The first-order valence-corrected chi connectivity index (χ1v) is 7.93. The summed E-state index contributed by atoms with van der Waals surface area (Å²) in [6.45, 7) is 0.290. The number of nitrogens with zero attached hydrogens (tertiary/aromatic N) is 1. The fraction of sp³-hybridized carbons (Fsp3) is 0.467. The first-order chi connectivity index (χ1) is 9.72. The molecule has 0 radical (unpaired) electrons. The van der Waals surface area contributed by atoms with Gasteiger partial charge in [0.2, 0.25) is 5.91 Å². The highest BCUT2D eigenvalue weighted by atomic mass is 79.9. The van der Waals surface area contributed by atoms with E-state index in [1.54, 1.807) is 0 Å². The van der Waals surface area contributed by atoms with Crippen LogP contribution in [0, 0.1) is 0 Å². The van der Waals surface area contributed by atoms with E-state index in [-0.39, 0.29) is 18.6 Å². The normalized spacial score (nSPS) is 18.1. The lowest BCUT2D eigenvalue weighted by molar-refractivity contribution is -0.129. The molecule has 5 heteroatoms. The molecule has 0 spiro atoms. The van der Waals surface area contributed by atoms with Crippen LogP contribution < -0.4 is 0 Å². The number of carbonyl (C=O) groups excluding carboxylic acids is 2. The molecule has 4 nitrogen and oxygen atoms in total. The molecular formula is C15H18BrNO3. The van der Waals surface area contributed by atoms with Crippen LogP contribution in [-0.4, -0.2) is 34.9 Å². The first kappa shape index (κ1) is 15.0. The van der Waals surface area contributed by atoms with E-state index >= 15 is 0 Å². The molecule has 1 aromatic carbocycles. The molecule has 0 aliphatic carbocycles. The third-order valence-corrected chi connectivity index (χ3v) is 3.88. The van der Waals surface area contributed by atoms with E-state index in [9.17, 15) is 9.59 Å². The molecule has 1 heterocycles. The SMILES string of the molecule is O=C(CCCCBr)N1C(=O)OCC1Cc1ccccc1. The number of hydrogen-bond acceptors (Lipinski definition) is 3. The molecule has 1 aromatic rings. The van der Waals surface area contributed by atoms with Crippen molar-refractivity contribution in [2.45, 2.75) is 31.7 Å². The molecule has 20 heavy (non-hydrogen) atoms. The number of hydrogen-bond donors (Lipinski definition) is 0. The minimum absolute atomic E-state index is 0.130. The predicted octanol–water partition coefficient (Wildman–Crippen LogP) is 3.14. The maximum atomic E-state index is 12.1. The molecule has 0 aromatic heterocycles. The van der Waals surface area contributed by atoms with Gasteiger partial charge in [-0.1, -0.05) is 46.3 Å². The average Bonchev–Trinajstić information content (AvgIpc) is 2.81. The maximum Gasteiger partial charge on any atom is 0.416 e.